The number of fused-ring (bicyclic) bond motifs is 1. The molecule has 134 valence electrons. The number of benzene rings is 1. The van der Waals surface area contributed by atoms with E-state index in [9.17, 15) is 9.59 Å². The van der Waals surface area contributed by atoms with Crippen LogP contribution in [0.15, 0.2) is 36.7 Å². The molecular formula is C18H19N5O3. The average Bonchev–Trinajstić information content (AvgIpc) is 2.93. The van der Waals surface area contributed by atoms with Gasteiger partial charge in [0.1, 0.15) is 11.3 Å². The molecule has 2 aromatic heterocycles. The van der Waals surface area contributed by atoms with Crippen molar-refractivity contribution in [1.82, 2.24) is 25.4 Å². The van der Waals surface area contributed by atoms with Gasteiger partial charge in [0, 0.05) is 12.4 Å². The van der Waals surface area contributed by atoms with Crippen LogP contribution in [0.2, 0.25) is 0 Å². The van der Waals surface area contributed by atoms with Gasteiger partial charge in [0.15, 0.2) is 12.3 Å². The minimum absolute atomic E-state index is 0.213. The van der Waals surface area contributed by atoms with Crippen LogP contribution in [0.3, 0.4) is 0 Å². The largest absolute Gasteiger partial charge is 0.484 e. The van der Waals surface area contributed by atoms with E-state index in [0.717, 1.165) is 11.1 Å². The van der Waals surface area contributed by atoms with E-state index in [2.05, 4.69) is 20.9 Å². The fourth-order valence-corrected chi connectivity index (χ4v) is 2.65. The number of aromatic nitrogens is 3. The maximum absolute atomic E-state index is 12.3. The van der Waals surface area contributed by atoms with E-state index in [1.54, 1.807) is 25.4 Å². The summed E-state index contributed by atoms with van der Waals surface area (Å²) in [7, 11) is 0. The van der Waals surface area contributed by atoms with E-state index in [1.807, 2.05) is 32.0 Å². The first-order chi connectivity index (χ1) is 12.4. The summed E-state index contributed by atoms with van der Waals surface area (Å²) in [5.74, 6) is -0.359. The van der Waals surface area contributed by atoms with Crippen LogP contribution in [0.25, 0.3) is 5.65 Å². The van der Waals surface area contributed by atoms with Crippen LogP contribution in [-0.2, 0) is 4.79 Å². The normalized spacial score (nSPS) is 10.6. The van der Waals surface area contributed by atoms with Gasteiger partial charge in [0.05, 0.1) is 5.69 Å². The first-order valence-electron chi connectivity index (χ1n) is 8.04. The van der Waals surface area contributed by atoms with Crippen molar-refractivity contribution < 1.29 is 14.3 Å². The maximum Gasteiger partial charge on any atom is 0.276 e. The molecule has 3 aromatic rings. The van der Waals surface area contributed by atoms with Gasteiger partial charge in [0.25, 0.3) is 11.8 Å². The minimum atomic E-state index is -0.490. The van der Waals surface area contributed by atoms with E-state index in [4.69, 9.17) is 4.74 Å². The molecule has 0 aliphatic carbocycles. The summed E-state index contributed by atoms with van der Waals surface area (Å²) in [6.45, 7) is 5.39. The quantitative estimate of drug-likeness (QED) is 0.693. The topological polar surface area (TPSA) is 97.6 Å². The molecule has 0 spiro atoms. The highest BCUT2D eigenvalue weighted by Gasteiger charge is 2.18. The van der Waals surface area contributed by atoms with Crippen LogP contribution in [0, 0.1) is 20.8 Å². The Hall–Kier alpha value is -3.42. The van der Waals surface area contributed by atoms with E-state index in [0.29, 0.717) is 22.7 Å². The van der Waals surface area contributed by atoms with Gasteiger partial charge < -0.3 is 4.74 Å². The Bertz CT molecular complexity index is 960. The van der Waals surface area contributed by atoms with Crippen molar-refractivity contribution in [2.75, 3.05) is 6.61 Å². The van der Waals surface area contributed by atoms with Crippen molar-refractivity contribution in [1.29, 1.82) is 0 Å². The highest BCUT2D eigenvalue weighted by atomic mass is 16.5. The third kappa shape index (κ3) is 3.80. The van der Waals surface area contributed by atoms with Gasteiger partial charge in [-0.05, 0) is 50.1 Å². The van der Waals surface area contributed by atoms with Crippen LogP contribution < -0.4 is 15.6 Å². The Kier molecular flexibility index (Phi) is 4.83. The summed E-state index contributed by atoms with van der Waals surface area (Å²) >= 11 is 0. The van der Waals surface area contributed by atoms with Gasteiger partial charge >= 0.3 is 0 Å². The second-order valence-electron chi connectivity index (χ2n) is 5.96. The van der Waals surface area contributed by atoms with Gasteiger partial charge in [-0.3, -0.25) is 20.4 Å². The molecule has 2 amide bonds. The molecule has 0 saturated heterocycles. The van der Waals surface area contributed by atoms with E-state index < -0.39 is 11.8 Å². The number of nitrogens with one attached hydrogen (secondary N) is 2. The molecule has 1 aromatic carbocycles. The first-order valence-corrected chi connectivity index (χ1v) is 8.04. The minimum Gasteiger partial charge on any atom is -0.484 e. The van der Waals surface area contributed by atoms with Crippen molar-refractivity contribution >= 4 is 17.5 Å². The van der Waals surface area contributed by atoms with Crippen molar-refractivity contribution in [2.24, 2.45) is 0 Å². The molecule has 0 bridgehead atoms. The number of ether oxygens (including phenoxy) is 1. The third-order valence-electron chi connectivity index (χ3n) is 3.68. The fourth-order valence-electron chi connectivity index (χ4n) is 2.65. The predicted molar refractivity (Wildman–Crippen MR) is 94.7 cm³/mol. The van der Waals surface area contributed by atoms with Crippen LogP contribution in [-0.4, -0.2) is 33.0 Å². The van der Waals surface area contributed by atoms with Crippen LogP contribution in [0.5, 0.6) is 5.75 Å². The van der Waals surface area contributed by atoms with E-state index >= 15 is 0 Å². The van der Waals surface area contributed by atoms with Crippen LogP contribution in [0.4, 0.5) is 0 Å². The smallest absolute Gasteiger partial charge is 0.276 e. The standard InChI is InChI=1S/C18H19N5O3/c1-11-7-12(2)9-14(8-11)26-10-15(24)20-21-18(25)16-13(3)22-23-6-4-5-19-17(16)23/h4-9H,10H2,1-3H3,(H,20,24)(H,21,25). The van der Waals surface area contributed by atoms with Crippen LogP contribution >= 0.6 is 0 Å². The number of rotatable bonds is 4. The lowest BCUT2D eigenvalue weighted by atomic mass is 10.1. The Balaban J connectivity index is 1.58. The summed E-state index contributed by atoms with van der Waals surface area (Å²) in [4.78, 5) is 28.4. The molecule has 3 rings (SSSR count). The highest BCUT2D eigenvalue weighted by Crippen LogP contribution is 2.16. The van der Waals surface area contributed by atoms with Crippen molar-refractivity contribution in [3.05, 3.63) is 59.0 Å². The zero-order valence-electron chi connectivity index (χ0n) is 14.7. The van der Waals surface area contributed by atoms with Gasteiger partial charge in [-0.1, -0.05) is 6.07 Å². The summed E-state index contributed by atoms with van der Waals surface area (Å²) in [5, 5.41) is 4.21. The number of nitrogens with zero attached hydrogens (tertiary/aromatic N) is 3. The van der Waals surface area contributed by atoms with Gasteiger partial charge in [-0.2, -0.15) is 5.10 Å². The molecule has 0 atom stereocenters. The molecule has 2 heterocycles. The van der Waals surface area contributed by atoms with Crippen molar-refractivity contribution in [2.45, 2.75) is 20.8 Å². The molecule has 2 N–H and O–H groups in total. The predicted octanol–water partition coefficient (Wildman–Crippen LogP) is 1.49. The number of carbonyl (C=O) groups is 2. The summed E-state index contributed by atoms with van der Waals surface area (Å²) in [6, 6.07) is 7.41. The lowest BCUT2D eigenvalue weighted by Gasteiger charge is -2.09. The molecule has 0 fully saturated rings. The van der Waals surface area contributed by atoms with Crippen LogP contribution in [0.1, 0.15) is 27.2 Å². The number of carbonyl (C=O) groups excluding carboxylic acids is 2. The second-order valence-corrected chi connectivity index (χ2v) is 5.96. The second kappa shape index (κ2) is 7.22. The monoisotopic (exact) mass is 353 g/mol. The van der Waals surface area contributed by atoms with Gasteiger partial charge in [0.2, 0.25) is 0 Å². The Morgan fingerprint density at radius 2 is 1.85 bits per heavy atom. The lowest BCUT2D eigenvalue weighted by molar-refractivity contribution is -0.123. The summed E-state index contributed by atoms with van der Waals surface area (Å²) < 4.78 is 6.96. The zero-order valence-corrected chi connectivity index (χ0v) is 14.7. The molecule has 0 radical (unpaired) electrons. The average molecular weight is 353 g/mol. The van der Waals surface area contributed by atoms with Crippen molar-refractivity contribution in [3.8, 4) is 5.75 Å². The first kappa shape index (κ1) is 17.4. The number of hydrogen-bond acceptors (Lipinski definition) is 5. The molecule has 0 saturated carbocycles. The maximum atomic E-state index is 12.3. The molecular weight excluding hydrogens is 334 g/mol. The molecule has 0 aliphatic heterocycles. The SMILES string of the molecule is Cc1cc(C)cc(OCC(=O)NNC(=O)c2c(C)nn3cccnc23)c1. The molecule has 8 heteroatoms. The number of hydrazine groups is 1. The number of amides is 2. The number of hydrogen-bond donors (Lipinski definition) is 2. The van der Waals surface area contributed by atoms with E-state index in [1.165, 1.54) is 4.52 Å². The Labute approximate surface area is 150 Å². The lowest BCUT2D eigenvalue weighted by Crippen LogP contribution is -2.44. The zero-order chi connectivity index (χ0) is 18.7. The van der Waals surface area contributed by atoms with Crippen molar-refractivity contribution in [3.63, 3.8) is 0 Å². The summed E-state index contributed by atoms with van der Waals surface area (Å²) in [6.07, 6.45) is 3.27. The molecule has 0 aliphatic rings. The fraction of sp³-hybridized carbons (Fsp3) is 0.222. The van der Waals surface area contributed by atoms with Gasteiger partial charge in [-0.25, -0.2) is 9.50 Å². The summed E-state index contributed by atoms with van der Waals surface area (Å²) in [5.41, 5.74) is 8.03. The Morgan fingerprint density at radius 1 is 1.12 bits per heavy atom. The van der Waals surface area contributed by atoms with Gasteiger partial charge in [-0.15, -0.1) is 0 Å². The molecule has 26 heavy (non-hydrogen) atoms. The molecule has 0 unspecified atom stereocenters. The highest BCUT2D eigenvalue weighted by molar-refractivity contribution is 6.01. The third-order valence-corrected chi connectivity index (χ3v) is 3.68. The van der Waals surface area contributed by atoms with E-state index in [-0.39, 0.29) is 6.61 Å². The Morgan fingerprint density at radius 3 is 2.58 bits per heavy atom. The number of aryl methyl sites for hydroxylation is 3. The molecule has 8 nitrogen and oxygen atoms in total.